The quantitative estimate of drug-likeness (QED) is 0.247. The first-order valence-electron chi connectivity index (χ1n) is 12.7. The average molecular weight is 593 g/mol. The Morgan fingerprint density at radius 2 is 1.45 bits per heavy atom. The molecule has 1 aliphatic rings. The number of fused-ring (bicyclic) bond motifs is 1. The molecule has 0 saturated heterocycles. The van der Waals surface area contributed by atoms with Crippen molar-refractivity contribution < 1.29 is 33.3 Å². The fraction of sp³-hybridized carbons (Fsp3) is 0.433. The molecular formula is C30H35Cl2NO7. The largest absolute Gasteiger partial charge is 0.508 e. The summed E-state index contributed by atoms with van der Waals surface area (Å²) >= 11 is 12.5. The predicted molar refractivity (Wildman–Crippen MR) is 156 cm³/mol. The van der Waals surface area contributed by atoms with E-state index in [4.69, 9.17) is 42.1 Å². The van der Waals surface area contributed by atoms with Gasteiger partial charge in [0, 0.05) is 26.6 Å². The molecular weight excluding hydrogens is 557 g/mol. The van der Waals surface area contributed by atoms with E-state index in [1.807, 2.05) is 13.8 Å². The summed E-state index contributed by atoms with van der Waals surface area (Å²) in [5.74, 6) is -0.121. The molecule has 3 rings (SSSR count). The van der Waals surface area contributed by atoms with Gasteiger partial charge in [0.2, 0.25) is 0 Å². The van der Waals surface area contributed by atoms with Gasteiger partial charge in [0.05, 0.1) is 17.9 Å². The number of halogens is 2. The maximum absolute atomic E-state index is 13.5. The molecule has 0 saturated carbocycles. The third-order valence-electron chi connectivity index (χ3n) is 5.36. The molecule has 0 unspecified atom stereocenters. The number of ether oxygens (including phenoxy) is 4. The molecule has 0 atom stereocenters. The number of hydrogen-bond donors (Lipinski definition) is 0. The number of imide groups is 1. The van der Waals surface area contributed by atoms with Crippen LogP contribution in [0.1, 0.15) is 66.5 Å². The highest BCUT2D eigenvalue weighted by molar-refractivity contribution is 6.42. The van der Waals surface area contributed by atoms with Crippen molar-refractivity contribution in [2.75, 3.05) is 18.1 Å². The maximum atomic E-state index is 13.5. The van der Waals surface area contributed by atoms with E-state index in [9.17, 15) is 14.4 Å². The van der Waals surface area contributed by atoms with Gasteiger partial charge < -0.3 is 18.9 Å². The number of carbonyl (C=O) groups is 3. The minimum atomic E-state index is -0.809. The Bertz CT molecular complexity index is 1340. The van der Waals surface area contributed by atoms with Gasteiger partial charge in [0.15, 0.2) is 0 Å². The Morgan fingerprint density at radius 1 is 0.850 bits per heavy atom. The Balaban J connectivity index is 1.88. The summed E-state index contributed by atoms with van der Waals surface area (Å²) in [6.07, 6.45) is 0.0504. The van der Waals surface area contributed by atoms with Crippen LogP contribution in [0.2, 0.25) is 10.0 Å². The second kappa shape index (κ2) is 11.7. The van der Waals surface area contributed by atoms with E-state index >= 15 is 0 Å². The molecule has 40 heavy (non-hydrogen) atoms. The molecule has 0 aromatic heterocycles. The number of amides is 2. The smallest absolute Gasteiger partial charge is 0.492 e. The Kier molecular flexibility index (Phi) is 9.16. The van der Waals surface area contributed by atoms with Crippen LogP contribution in [0, 0.1) is 5.41 Å². The highest BCUT2D eigenvalue weighted by Gasteiger charge is 2.39. The number of hydrogen-bond acceptors (Lipinski definition) is 7. The van der Waals surface area contributed by atoms with Gasteiger partial charge in [-0.05, 0) is 78.0 Å². The van der Waals surface area contributed by atoms with Gasteiger partial charge in [-0.25, -0.2) is 14.5 Å². The van der Waals surface area contributed by atoms with Gasteiger partial charge in [-0.3, -0.25) is 4.79 Å². The van der Waals surface area contributed by atoms with Crippen molar-refractivity contribution >= 4 is 58.7 Å². The monoisotopic (exact) mass is 591 g/mol. The molecule has 0 N–H and O–H groups in total. The highest BCUT2D eigenvalue weighted by Crippen LogP contribution is 2.41. The zero-order chi connectivity index (χ0) is 30.0. The zero-order valence-corrected chi connectivity index (χ0v) is 25.5. The predicted octanol–water partition coefficient (Wildman–Crippen LogP) is 8.17. The molecule has 0 bridgehead atoms. The number of benzene rings is 2. The van der Waals surface area contributed by atoms with Gasteiger partial charge in [-0.2, -0.15) is 0 Å². The Hall–Kier alpha value is -3.23. The third-order valence-corrected chi connectivity index (χ3v) is 5.83. The number of anilines is 1. The number of nitrogens with zero attached hydrogens (tertiary/aromatic N) is 1. The first-order chi connectivity index (χ1) is 18.3. The van der Waals surface area contributed by atoms with Crippen LogP contribution in [-0.4, -0.2) is 42.6 Å². The van der Waals surface area contributed by atoms with Gasteiger partial charge >= 0.3 is 12.2 Å². The maximum Gasteiger partial charge on any atom is 0.508 e. The molecule has 0 aliphatic carbocycles. The molecule has 0 spiro atoms. The Labute approximate surface area is 245 Å². The lowest BCUT2D eigenvalue weighted by Crippen LogP contribution is -2.38. The summed E-state index contributed by atoms with van der Waals surface area (Å²) in [5, 5.41) is 0.793. The van der Waals surface area contributed by atoms with Gasteiger partial charge in [-0.1, -0.05) is 43.1 Å². The summed E-state index contributed by atoms with van der Waals surface area (Å²) in [7, 11) is 0. The SMILES string of the molecule is CC(C)(COC(=O)OC(C)(C)C)COc1ccc(Cl)cc1C=C1C(=O)N(C(=O)OC(C)(C)C)c2cc(Cl)ccc21. The lowest BCUT2D eigenvalue weighted by Gasteiger charge is -2.26. The van der Waals surface area contributed by atoms with Crippen LogP contribution in [0.5, 0.6) is 5.75 Å². The van der Waals surface area contributed by atoms with Crippen molar-refractivity contribution in [3.05, 3.63) is 57.6 Å². The fourth-order valence-electron chi connectivity index (χ4n) is 3.66. The van der Waals surface area contributed by atoms with E-state index in [1.54, 1.807) is 84.0 Å². The first-order valence-corrected chi connectivity index (χ1v) is 13.5. The van der Waals surface area contributed by atoms with Crippen molar-refractivity contribution in [2.24, 2.45) is 5.41 Å². The van der Waals surface area contributed by atoms with Gasteiger partial charge in [0.25, 0.3) is 5.91 Å². The van der Waals surface area contributed by atoms with Crippen LogP contribution in [-0.2, 0) is 19.0 Å². The van der Waals surface area contributed by atoms with Crippen LogP contribution in [0.3, 0.4) is 0 Å². The van der Waals surface area contributed by atoms with Crippen LogP contribution in [0.15, 0.2) is 36.4 Å². The number of carbonyl (C=O) groups excluding carboxylic acids is 3. The van der Waals surface area contributed by atoms with Gasteiger partial charge in [0.1, 0.15) is 23.6 Å². The van der Waals surface area contributed by atoms with Crippen LogP contribution >= 0.6 is 23.2 Å². The molecule has 216 valence electrons. The molecule has 1 heterocycles. The van der Waals surface area contributed by atoms with E-state index < -0.39 is 34.8 Å². The minimum absolute atomic E-state index is 0.0589. The van der Waals surface area contributed by atoms with Crippen molar-refractivity contribution in [3.63, 3.8) is 0 Å². The topological polar surface area (TPSA) is 91.4 Å². The first kappa shape index (κ1) is 31.3. The van der Waals surface area contributed by atoms with Crippen LogP contribution in [0.25, 0.3) is 11.6 Å². The summed E-state index contributed by atoms with van der Waals surface area (Å²) in [5.41, 5.74) is -0.439. The second-order valence-electron chi connectivity index (χ2n) is 12.2. The lowest BCUT2D eigenvalue weighted by molar-refractivity contribution is -0.112. The summed E-state index contributed by atoms with van der Waals surface area (Å²) < 4.78 is 22.1. The van der Waals surface area contributed by atoms with E-state index in [2.05, 4.69) is 0 Å². The Morgan fingerprint density at radius 3 is 2.08 bits per heavy atom. The lowest BCUT2D eigenvalue weighted by atomic mass is 9.96. The summed E-state index contributed by atoms with van der Waals surface area (Å²) in [4.78, 5) is 39.5. The fourth-order valence-corrected chi connectivity index (χ4v) is 4.01. The van der Waals surface area contributed by atoms with Crippen molar-refractivity contribution in [1.29, 1.82) is 0 Å². The van der Waals surface area contributed by atoms with Crippen LogP contribution < -0.4 is 9.64 Å². The molecule has 2 aromatic carbocycles. The zero-order valence-electron chi connectivity index (χ0n) is 24.0. The molecule has 0 fully saturated rings. The van der Waals surface area contributed by atoms with Gasteiger partial charge in [-0.15, -0.1) is 0 Å². The second-order valence-corrected chi connectivity index (χ2v) is 13.1. The number of rotatable bonds is 6. The third kappa shape index (κ3) is 8.38. The van der Waals surface area contributed by atoms with Crippen molar-refractivity contribution in [3.8, 4) is 5.75 Å². The standard InChI is InChI=1S/C30H35Cl2NO7/c1-28(2,3)39-26(35)33-23-15-20(32)9-11-21(23)22(25(33)34)14-18-13-19(31)10-12-24(18)37-16-30(7,8)17-38-27(36)40-29(4,5)6/h9-15H,16-17H2,1-8H3. The molecule has 1 aliphatic heterocycles. The molecule has 8 nitrogen and oxygen atoms in total. The van der Waals surface area contributed by atoms with E-state index in [0.717, 1.165) is 4.90 Å². The van der Waals surface area contributed by atoms with Crippen LogP contribution in [0.4, 0.5) is 15.3 Å². The normalized spacial score (nSPS) is 14.7. The summed E-state index contributed by atoms with van der Waals surface area (Å²) in [6, 6.07) is 9.87. The molecule has 0 radical (unpaired) electrons. The summed E-state index contributed by atoms with van der Waals surface area (Å²) in [6.45, 7) is 14.4. The minimum Gasteiger partial charge on any atom is -0.492 e. The highest BCUT2D eigenvalue weighted by atomic mass is 35.5. The van der Waals surface area contributed by atoms with E-state index in [1.165, 1.54) is 0 Å². The van der Waals surface area contributed by atoms with E-state index in [0.29, 0.717) is 32.6 Å². The van der Waals surface area contributed by atoms with Crippen molar-refractivity contribution in [1.82, 2.24) is 0 Å². The van der Waals surface area contributed by atoms with Crippen molar-refractivity contribution in [2.45, 2.75) is 66.6 Å². The molecule has 2 amide bonds. The molecule has 10 heteroatoms. The molecule has 2 aromatic rings. The average Bonchev–Trinajstić information content (AvgIpc) is 3.05. The van der Waals surface area contributed by atoms with E-state index in [-0.39, 0.29) is 18.8 Å².